The molecule has 0 aliphatic carbocycles. The third kappa shape index (κ3) is 4.51. The lowest BCUT2D eigenvalue weighted by Crippen LogP contribution is -2.12. The Kier molecular flexibility index (Phi) is 3.21. The van der Waals surface area contributed by atoms with Crippen molar-refractivity contribution < 1.29 is 21.9 Å². The van der Waals surface area contributed by atoms with Crippen molar-refractivity contribution in [2.45, 2.75) is 13.3 Å². The summed E-state index contributed by atoms with van der Waals surface area (Å²) < 4.78 is 31.5. The number of carbonyl (C=O) groups excluding carboxylic acids is 1. The van der Waals surface area contributed by atoms with Crippen molar-refractivity contribution in [2.24, 2.45) is 0 Å². The van der Waals surface area contributed by atoms with Crippen LogP contribution < -0.4 is 0 Å². The van der Waals surface area contributed by atoms with E-state index in [1.54, 1.807) is 6.92 Å². The molecule has 5 nitrogen and oxygen atoms in total. The Balaban J connectivity index is 4.22. The van der Waals surface area contributed by atoms with Crippen LogP contribution in [0.1, 0.15) is 13.3 Å². The summed E-state index contributed by atoms with van der Waals surface area (Å²) in [6.07, 6.45) is 0.272. The van der Waals surface area contributed by atoms with Crippen molar-refractivity contribution in [3.05, 3.63) is 12.2 Å². The van der Waals surface area contributed by atoms with E-state index in [1.165, 1.54) is 0 Å². The average molecular weight is 180 g/mol. The molecular formula is C5H8O5S. The fourth-order valence-corrected chi connectivity index (χ4v) is 0.608. The average Bonchev–Trinajstić information content (AvgIpc) is 1.82. The number of rotatable bonds is 3. The van der Waals surface area contributed by atoms with Gasteiger partial charge in [0.1, 0.15) is 0 Å². The number of hydrogen-bond acceptors (Lipinski definition) is 4. The quantitative estimate of drug-likeness (QED) is 0.499. The minimum Gasteiger partial charge on any atom is -0.321 e. The zero-order chi connectivity index (χ0) is 9.07. The molecule has 0 fully saturated rings. The summed E-state index contributed by atoms with van der Waals surface area (Å²) in [6.45, 7) is 4.81. The van der Waals surface area contributed by atoms with Crippen molar-refractivity contribution in [2.75, 3.05) is 0 Å². The number of carbonyl (C=O) groups is 1. The lowest BCUT2D eigenvalue weighted by atomic mass is 10.2. The Bertz CT molecular complexity index is 263. The molecule has 0 aromatic carbocycles. The predicted molar refractivity (Wildman–Crippen MR) is 37.1 cm³/mol. The first-order chi connectivity index (χ1) is 4.87. The highest BCUT2D eigenvalue weighted by Crippen LogP contribution is 2.01. The standard InChI is InChI=1S/C5H8O5S/c1-3-4(2)5(6)10-11(7,8)9/h2-3H2,1H3,(H,7,8,9). The van der Waals surface area contributed by atoms with Gasteiger partial charge < -0.3 is 4.18 Å². The van der Waals surface area contributed by atoms with E-state index in [0.717, 1.165) is 0 Å². The van der Waals surface area contributed by atoms with E-state index in [1.807, 2.05) is 0 Å². The van der Waals surface area contributed by atoms with Crippen LogP contribution >= 0.6 is 0 Å². The Morgan fingerprint density at radius 2 is 2.09 bits per heavy atom. The summed E-state index contributed by atoms with van der Waals surface area (Å²) in [7, 11) is -4.69. The van der Waals surface area contributed by atoms with Crippen LogP contribution in [0.5, 0.6) is 0 Å². The molecular weight excluding hydrogens is 172 g/mol. The van der Waals surface area contributed by atoms with Crippen LogP contribution in [0.3, 0.4) is 0 Å². The van der Waals surface area contributed by atoms with Crippen LogP contribution in [0.15, 0.2) is 12.2 Å². The largest absolute Gasteiger partial charge is 0.449 e. The fourth-order valence-electron chi connectivity index (χ4n) is 0.299. The van der Waals surface area contributed by atoms with E-state index in [9.17, 15) is 13.2 Å². The van der Waals surface area contributed by atoms with Gasteiger partial charge in [0, 0.05) is 5.57 Å². The monoisotopic (exact) mass is 180 g/mol. The van der Waals surface area contributed by atoms with Gasteiger partial charge in [-0.3, -0.25) is 4.55 Å². The van der Waals surface area contributed by atoms with Gasteiger partial charge in [-0.25, -0.2) is 4.79 Å². The molecule has 0 saturated carbocycles. The molecule has 0 atom stereocenters. The van der Waals surface area contributed by atoms with E-state index in [-0.39, 0.29) is 12.0 Å². The van der Waals surface area contributed by atoms with Gasteiger partial charge in [-0.2, -0.15) is 8.42 Å². The van der Waals surface area contributed by atoms with Gasteiger partial charge in [0.2, 0.25) is 0 Å². The maximum atomic E-state index is 10.5. The summed E-state index contributed by atoms with van der Waals surface area (Å²) in [5.74, 6) is -1.13. The SMILES string of the molecule is C=C(CC)C(=O)OS(=O)(=O)O. The normalized spacial score (nSPS) is 10.7. The minimum atomic E-state index is -4.69. The summed E-state index contributed by atoms with van der Waals surface area (Å²) >= 11 is 0. The summed E-state index contributed by atoms with van der Waals surface area (Å²) in [4.78, 5) is 10.5. The van der Waals surface area contributed by atoms with E-state index in [0.29, 0.717) is 0 Å². The molecule has 0 amide bonds. The Morgan fingerprint density at radius 1 is 1.64 bits per heavy atom. The first-order valence-corrected chi connectivity index (χ1v) is 4.12. The lowest BCUT2D eigenvalue weighted by molar-refractivity contribution is -0.130. The van der Waals surface area contributed by atoms with Crippen molar-refractivity contribution in [3.63, 3.8) is 0 Å². The van der Waals surface area contributed by atoms with Crippen molar-refractivity contribution in [1.29, 1.82) is 0 Å². The summed E-state index contributed by atoms with van der Waals surface area (Å²) in [5, 5.41) is 0. The van der Waals surface area contributed by atoms with Crippen LogP contribution in [0.25, 0.3) is 0 Å². The molecule has 0 aromatic rings. The highest BCUT2D eigenvalue weighted by molar-refractivity contribution is 7.81. The molecule has 0 aliphatic heterocycles. The molecule has 0 rings (SSSR count). The second-order valence-corrected chi connectivity index (χ2v) is 2.78. The molecule has 6 heteroatoms. The minimum absolute atomic E-state index is 0.0115. The van der Waals surface area contributed by atoms with Crippen molar-refractivity contribution in [1.82, 2.24) is 0 Å². The van der Waals surface area contributed by atoms with Gasteiger partial charge in [0.05, 0.1) is 0 Å². The third-order valence-corrected chi connectivity index (χ3v) is 1.26. The lowest BCUT2D eigenvalue weighted by Gasteiger charge is -1.99. The first kappa shape index (κ1) is 10.1. The molecule has 0 heterocycles. The summed E-state index contributed by atoms with van der Waals surface area (Å²) in [6, 6.07) is 0. The molecule has 0 saturated heterocycles. The molecule has 11 heavy (non-hydrogen) atoms. The Labute approximate surface area is 64.6 Å². The fraction of sp³-hybridized carbons (Fsp3) is 0.400. The van der Waals surface area contributed by atoms with Crippen molar-refractivity contribution >= 4 is 16.4 Å². The van der Waals surface area contributed by atoms with Gasteiger partial charge in [0.25, 0.3) is 0 Å². The molecule has 64 valence electrons. The Hall–Kier alpha value is -0.880. The van der Waals surface area contributed by atoms with Crippen molar-refractivity contribution in [3.8, 4) is 0 Å². The van der Waals surface area contributed by atoms with E-state index >= 15 is 0 Å². The highest BCUT2D eigenvalue weighted by atomic mass is 32.3. The molecule has 0 bridgehead atoms. The smallest absolute Gasteiger partial charge is 0.321 e. The van der Waals surface area contributed by atoms with Gasteiger partial charge in [-0.15, -0.1) is 0 Å². The first-order valence-electron chi connectivity index (χ1n) is 2.76. The highest BCUT2D eigenvalue weighted by Gasteiger charge is 2.14. The predicted octanol–water partition coefficient (Wildman–Crippen LogP) is 0.299. The van der Waals surface area contributed by atoms with Gasteiger partial charge in [-0.05, 0) is 6.42 Å². The molecule has 0 aromatic heterocycles. The maximum Gasteiger partial charge on any atom is 0.449 e. The zero-order valence-electron chi connectivity index (χ0n) is 5.90. The summed E-state index contributed by atoms with van der Waals surface area (Å²) in [5.41, 5.74) is -0.0115. The van der Waals surface area contributed by atoms with E-state index < -0.39 is 16.4 Å². The second kappa shape index (κ2) is 3.49. The van der Waals surface area contributed by atoms with E-state index in [4.69, 9.17) is 4.55 Å². The number of hydrogen-bond donors (Lipinski definition) is 1. The molecule has 0 aliphatic rings. The van der Waals surface area contributed by atoms with E-state index in [2.05, 4.69) is 10.8 Å². The van der Waals surface area contributed by atoms with Crippen LogP contribution in [0.4, 0.5) is 0 Å². The van der Waals surface area contributed by atoms with Crippen LogP contribution in [0.2, 0.25) is 0 Å². The van der Waals surface area contributed by atoms with Gasteiger partial charge in [-0.1, -0.05) is 13.5 Å². The second-order valence-electron chi connectivity index (χ2n) is 1.76. The van der Waals surface area contributed by atoms with Crippen LogP contribution in [-0.4, -0.2) is 18.9 Å². The molecule has 0 spiro atoms. The molecule has 0 unspecified atom stereocenters. The molecule has 1 N–H and O–H groups in total. The maximum absolute atomic E-state index is 10.5. The third-order valence-electron chi connectivity index (χ3n) is 0.896. The Morgan fingerprint density at radius 3 is 2.36 bits per heavy atom. The van der Waals surface area contributed by atoms with Crippen LogP contribution in [0, 0.1) is 0 Å². The zero-order valence-corrected chi connectivity index (χ0v) is 6.72. The topological polar surface area (TPSA) is 80.7 Å². The van der Waals surface area contributed by atoms with Gasteiger partial charge in [0.15, 0.2) is 0 Å². The van der Waals surface area contributed by atoms with Gasteiger partial charge >= 0.3 is 16.4 Å². The molecule has 0 radical (unpaired) electrons. The van der Waals surface area contributed by atoms with Crippen LogP contribution in [-0.2, 0) is 19.4 Å².